The number of aromatic nitrogens is 3. The van der Waals surface area contributed by atoms with Crippen LogP contribution in [0.4, 0.5) is 4.79 Å². The van der Waals surface area contributed by atoms with Gasteiger partial charge in [-0.2, -0.15) is 0 Å². The third-order valence-electron chi connectivity index (χ3n) is 7.95. The second-order valence-corrected chi connectivity index (χ2v) is 14.5. The topological polar surface area (TPSA) is 194 Å². The van der Waals surface area contributed by atoms with Crippen molar-refractivity contribution in [3.05, 3.63) is 31.5 Å². The van der Waals surface area contributed by atoms with Crippen LogP contribution in [0.3, 0.4) is 0 Å². The number of carbonyl (C=O) groups excluding carboxylic acids is 3. The highest BCUT2D eigenvalue weighted by atomic mass is 28.4. The quantitative estimate of drug-likeness (QED) is 0.0500. The number of urea groups is 1. The fraction of sp³-hybridized carbons (Fsp3) is 0.818. The Labute approximate surface area is 296 Å². The highest BCUT2D eigenvalue weighted by Crippen LogP contribution is 2.17. The minimum atomic E-state index is -2.74. The van der Waals surface area contributed by atoms with Gasteiger partial charge in [0, 0.05) is 58.6 Å². The van der Waals surface area contributed by atoms with Gasteiger partial charge in [0.2, 0.25) is 12.2 Å². The smallest absolute Gasteiger partial charge is 0.374 e. The highest BCUT2D eigenvalue weighted by Gasteiger charge is 2.39. The monoisotopic (exact) mass is 725 g/mol. The van der Waals surface area contributed by atoms with Crippen molar-refractivity contribution >= 4 is 27.0 Å². The molecule has 0 spiro atoms. The van der Waals surface area contributed by atoms with E-state index in [2.05, 4.69) is 20.6 Å². The number of isocyanates is 2. The maximum Gasteiger partial charge on any atom is 0.500 e. The Bertz CT molecular complexity index is 1280. The van der Waals surface area contributed by atoms with Gasteiger partial charge in [0.1, 0.15) is 0 Å². The van der Waals surface area contributed by atoms with E-state index in [0.717, 1.165) is 58.6 Å². The van der Waals surface area contributed by atoms with Crippen molar-refractivity contribution < 1.29 is 27.7 Å². The van der Waals surface area contributed by atoms with Crippen LogP contribution in [0.15, 0.2) is 24.4 Å². The van der Waals surface area contributed by atoms with E-state index >= 15 is 0 Å². The number of hydrogen-bond donors (Lipinski definition) is 2. The average Bonchev–Trinajstić information content (AvgIpc) is 3.09. The first kappa shape index (κ1) is 44.6. The summed E-state index contributed by atoms with van der Waals surface area (Å²) in [6.07, 6.45) is 12.2. The number of aliphatic imine (C=N–C) groups is 2. The van der Waals surface area contributed by atoms with E-state index in [1.807, 2.05) is 20.8 Å². The fourth-order valence-electron chi connectivity index (χ4n) is 5.50. The normalized spacial score (nSPS) is 11.2. The molecule has 0 aliphatic heterocycles. The highest BCUT2D eigenvalue weighted by molar-refractivity contribution is 6.60. The lowest BCUT2D eigenvalue weighted by Gasteiger charge is -2.28. The van der Waals surface area contributed by atoms with Crippen molar-refractivity contribution in [2.45, 2.75) is 130 Å². The Hall–Kier alpha value is -3.46. The Morgan fingerprint density at radius 1 is 0.580 bits per heavy atom. The Kier molecular flexibility index (Phi) is 25.2. The molecule has 16 nitrogen and oxygen atoms in total. The number of hydrogen-bond acceptors (Lipinski definition) is 11. The number of nitrogens with one attached hydrogen (secondary N) is 2. The van der Waals surface area contributed by atoms with Crippen molar-refractivity contribution in [1.29, 1.82) is 0 Å². The van der Waals surface area contributed by atoms with Crippen LogP contribution >= 0.6 is 0 Å². The summed E-state index contributed by atoms with van der Waals surface area (Å²) in [7, 11) is -2.74. The third kappa shape index (κ3) is 18.0. The van der Waals surface area contributed by atoms with Gasteiger partial charge in [0.05, 0.1) is 13.1 Å². The molecular weight excluding hydrogens is 666 g/mol. The first-order chi connectivity index (χ1) is 24.3. The summed E-state index contributed by atoms with van der Waals surface area (Å²) in [5, 5.41) is 5.72. The molecule has 50 heavy (non-hydrogen) atoms. The summed E-state index contributed by atoms with van der Waals surface area (Å²) in [6.45, 7) is 9.58. The molecule has 0 aromatic carbocycles. The molecule has 0 fully saturated rings. The van der Waals surface area contributed by atoms with Crippen molar-refractivity contribution in [1.82, 2.24) is 24.3 Å². The molecule has 0 saturated carbocycles. The molecule has 0 radical (unpaired) electrons. The molecule has 0 aliphatic carbocycles. The first-order valence-corrected chi connectivity index (χ1v) is 20.2. The summed E-state index contributed by atoms with van der Waals surface area (Å²) in [6, 6.07) is 0.368. The third-order valence-corrected chi connectivity index (χ3v) is 11.1. The molecule has 1 aromatic rings. The molecule has 0 saturated heterocycles. The molecule has 1 aromatic heterocycles. The van der Waals surface area contributed by atoms with Gasteiger partial charge >= 0.3 is 31.9 Å². The molecule has 2 amide bonds. The van der Waals surface area contributed by atoms with Crippen LogP contribution in [0, 0.1) is 0 Å². The number of amides is 2. The van der Waals surface area contributed by atoms with Gasteiger partial charge in [-0.05, 0) is 65.7 Å². The van der Waals surface area contributed by atoms with E-state index < -0.39 is 25.9 Å². The SMILES string of the molecule is CCO[Si](CCCNC(=O)NCCCCCCn1c(=O)n(CCCCCCN=C=O)c(=O)n(CCCCCCN=C=O)c1=O)(OCC)OCC. The number of rotatable bonds is 31. The average molecular weight is 726 g/mol. The maximum atomic E-state index is 13.3. The lowest BCUT2D eigenvalue weighted by molar-refractivity contribution is 0.0708. The van der Waals surface area contributed by atoms with Gasteiger partial charge in [-0.1, -0.05) is 38.5 Å². The van der Waals surface area contributed by atoms with Gasteiger partial charge in [-0.3, -0.25) is 0 Å². The Morgan fingerprint density at radius 2 is 0.940 bits per heavy atom. The van der Waals surface area contributed by atoms with Gasteiger partial charge in [0.15, 0.2) is 0 Å². The van der Waals surface area contributed by atoms with E-state index in [1.165, 1.54) is 12.2 Å². The zero-order chi connectivity index (χ0) is 36.9. The minimum Gasteiger partial charge on any atom is -0.374 e. The fourth-order valence-corrected chi connectivity index (χ4v) is 8.11. The van der Waals surface area contributed by atoms with Gasteiger partial charge in [-0.15, -0.1) is 0 Å². The summed E-state index contributed by atoms with van der Waals surface area (Å²) >= 11 is 0. The minimum absolute atomic E-state index is 0.190. The van der Waals surface area contributed by atoms with Crippen molar-refractivity contribution in [2.24, 2.45) is 9.98 Å². The van der Waals surface area contributed by atoms with Gasteiger partial charge in [0.25, 0.3) is 0 Å². The van der Waals surface area contributed by atoms with E-state index in [1.54, 1.807) is 0 Å². The van der Waals surface area contributed by atoms with E-state index in [-0.39, 0.29) is 25.7 Å². The second kappa shape index (κ2) is 28.3. The van der Waals surface area contributed by atoms with E-state index in [4.69, 9.17) is 13.3 Å². The van der Waals surface area contributed by atoms with E-state index in [0.29, 0.717) is 90.6 Å². The molecule has 1 rings (SSSR count). The van der Waals surface area contributed by atoms with Crippen LogP contribution in [0.2, 0.25) is 6.04 Å². The molecule has 0 aliphatic rings. The molecule has 17 heteroatoms. The van der Waals surface area contributed by atoms with Crippen LogP contribution in [0.5, 0.6) is 0 Å². The molecule has 0 unspecified atom stereocenters. The molecule has 0 atom stereocenters. The lowest BCUT2D eigenvalue weighted by Crippen LogP contribution is -2.54. The predicted octanol–water partition coefficient (Wildman–Crippen LogP) is 3.26. The Morgan fingerprint density at radius 3 is 1.32 bits per heavy atom. The van der Waals surface area contributed by atoms with E-state index in [9.17, 15) is 28.8 Å². The van der Waals surface area contributed by atoms with Crippen LogP contribution < -0.4 is 27.7 Å². The van der Waals surface area contributed by atoms with Gasteiger partial charge < -0.3 is 23.9 Å². The maximum absolute atomic E-state index is 13.3. The number of nitrogens with zero attached hydrogens (tertiary/aromatic N) is 5. The number of unbranched alkanes of at least 4 members (excludes halogenated alkanes) is 9. The summed E-state index contributed by atoms with van der Waals surface area (Å²) in [5.41, 5.74) is -1.80. The largest absolute Gasteiger partial charge is 0.500 e. The van der Waals surface area contributed by atoms with Crippen molar-refractivity contribution in [3.8, 4) is 0 Å². The summed E-state index contributed by atoms with van der Waals surface area (Å²) < 4.78 is 21.0. The summed E-state index contributed by atoms with van der Waals surface area (Å²) in [4.78, 5) is 79.6. The van der Waals surface area contributed by atoms with Crippen LogP contribution in [-0.2, 0) is 42.5 Å². The molecule has 284 valence electrons. The van der Waals surface area contributed by atoms with Crippen LogP contribution in [0.25, 0.3) is 0 Å². The zero-order valence-corrected chi connectivity index (χ0v) is 31.4. The van der Waals surface area contributed by atoms with Crippen molar-refractivity contribution in [3.63, 3.8) is 0 Å². The molecular formula is C33H59N7O9Si. The summed E-state index contributed by atoms with van der Waals surface area (Å²) in [5.74, 6) is 0. The molecule has 1 heterocycles. The van der Waals surface area contributed by atoms with Crippen LogP contribution in [0.1, 0.15) is 104 Å². The van der Waals surface area contributed by atoms with Gasteiger partial charge in [-0.25, -0.2) is 52.5 Å². The van der Waals surface area contributed by atoms with Crippen LogP contribution in [-0.4, -0.2) is 86.7 Å². The number of carbonyl (C=O) groups is 1. The van der Waals surface area contributed by atoms with Crippen molar-refractivity contribution in [2.75, 3.05) is 46.0 Å². The predicted molar refractivity (Wildman–Crippen MR) is 192 cm³/mol. The second-order valence-electron chi connectivity index (χ2n) is 11.8. The standard InChI is InChI=1S/C33H59N7O9Si/c1-4-47-50(48-5-2,49-6-3)27-19-23-37-30(43)36-22-15-9-12-18-26-40-32(45)38(24-16-10-7-13-20-34-28-41)31(44)39(33(40)46)25-17-11-8-14-21-35-29-42/h4-27H2,1-3H3,(H2,36,37,43). The lowest BCUT2D eigenvalue weighted by atomic mass is 10.2. The Balaban J connectivity index is 2.63. The zero-order valence-electron chi connectivity index (χ0n) is 30.4. The first-order valence-electron chi connectivity index (χ1n) is 18.3. The molecule has 2 N–H and O–H groups in total. The molecule has 0 bridgehead atoms.